The number of nitrogens with zero attached hydrogens (tertiary/aromatic N) is 1. The average Bonchev–Trinajstić information content (AvgIpc) is 2.30. The molecule has 0 saturated carbocycles. The number of carbonyl (C=O) groups excluding carboxylic acids is 1. The van der Waals surface area contributed by atoms with Gasteiger partial charge in [0.2, 0.25) is 5.91 Å². The molecule has 1 amide bonds. The summed E-state index contributed by atoms with van der Waals surface area (Å²) in [6.45, 7) is 2.82. The second kappa shape index (κ2) is 5.98. The molecule has 6 heteroatoms. The van der Waals surface area contributed by atoms with Crippen molar-refractivity contribution in [1.82, 2.24) is 5.32 Å². The molecule has 3 N–H and O–H groups in total. The predicted molar refractivity (Wildman–Crippen MR) is 72.8 cm³/mol. The fourth-order valence-corrected chi connectivity index (χ4v) is 1.78. The lowest BCUT2D eigenvalue weighted by atomic mass is 10.2. The van der Waals surface area contributed by atoms with Crippen LogP contribution in [0.3, 0.4) is 0 Å². The van der Waals surface area contributed by atoms with Gasteiger partial charge in [-0.2, -0.15) is 0 Å². The Labute approximate surface area is 111 Å². The van der Waals surface area contributed by atoms with E-state index in [2.05, 4.69) is 5.32 Å². The molecule has 94 valence electrons. The lowest BCUT2D eigenvalue weighted by Gasteiger charge is -2.24. The number of anilines is 2. The van der Waals surface area contributed by atoms with E-state index in [1.807, 2.05) is 11.8 Å². The summed E-state index contributed by atoms with van der Waals surface area (Å²) in [6, 6.07) is 3.26. The molecule has 1 rings (SSSR count). The molecule has 0 bridgehead atoms. The highest BCUT2D eigenvalue weighted by atomic mass is 35.5. The predicted octanol–water partition coefficient (Wildman–Crippen LogP) is 2.15. The van der Waals surface area contributed by atoms with E-state index >= 15 is 0 Å². The van der Waals surface area contributed by atoms with Crippen LogP contribution in [-0.4, -0.2) is 26.0 Å². The van der Waals surface area contributed by atoms with E-state index in [1.165, 1.54) is 0 Å². The van der Waals surface area contributed by atoms with E-state index in [4.69, 9.17) is 28.9 Å². The smallest absolute Gasteiger partial charge is 0.239 e. The number of nitrogens with one attached hydrogen (secondary N) is 1. The maximum atomic E-state index is 11.4. The van der Waals surface area contributed by atoms with Gasteiger partial charge < -0.3 is 16.0 Å². The minimum absolute atomic E-state index is 0.0858. The van der Waals surface area contributed by atoms with Crippen LogP contribution >= 0.6 is 23.2 Å². The summed E-state index contributed by atoms with van der Waals surface area (Å²) < 4.78 is 0. The number of amides is 1. The largest absolute Gasteiger partial charge is 0.397 e. The van der Waals surface area contributed by atoms with Crippen molar-refractivity contribution < 1.29 is 4.79 Å². The van der Waals surface area contributed by atoms with Gasteiger partial charge in [-0.05, 0) is 19.1 Å². The topological polar surface area (TPSA) is 58.4 Å². The summed E-state index contributed by atoms with van der Waals surface area (Å²) in [6.07, 6.45) is 0. The Hall–Kier alpha value is -1.13. The molecule has 0 aliphatic carbocycles. The average molecular weight is 276 g/mol. The van der Waals surface area contributed by atoms with Crippen LogP contribution in [0, 0.1) is 0 Å². The molecule has 0 atom stereocenters. The van der Waals surface area contributed by atoms with Gasteiger partial charge in [-0.3, -0.25) is 4.79 Å². The Bertz CT molecular complexity index is 423. The highest BCUT2D eigenvalue weighted by Crippen LogP contribution is 2.32. The van der Waals surface area contributed by atoms with Gasteiger partial charge in [-0.15, -0.1) is 0 Å². The van der Waals surface area contributed by atoms with Crippen molar-refractivity contribution >= 4 is 40.5 Å². The quantitative estimate of drug-likeness (QED) is 0.828. The summed E-state index contributed by atoms with van der Waals surface area (Å²) in [7, 11) is 1.59. The Morgan fingerprint density at radius 1 is 1.41 bits per heavy atom. The maximum Gasteiger partial charge on any atom is 0.239 e. The fraction of sp³-hybridized carbons (Fsp3) is 0.364. The second-order valence-corrected chi connectivity index (χ2v) is 4.33. The van der Waals surface area contributed by atoms with E-state index in [1.54, 1.807) is 19.2 Å². The van der Waals surface area contributed by atoms with Crippen LogP contribution in [-0.2, 0) is 4.79 Å². The SMILES string of the molecule is CCN(CC(=O)NC)c1cc(Cl)c(Cl)cc1N. The van der Waals surface area contributed by atoms with Crippen LogP contribution < -0.4 is 16.0 Å². The first-order valence-corrected chi connectivity index (χ1v) is 5.95. The van der Waals surface area contributed by atoms with E-state index in [0.717, 1.165) is 0 Å². The van der Waals surface area contributed by atoms with Crippen molar-refractivity contribution in [1.29, 1.82) is 0 Å². The van der Waals surface area contributed by atoms with Gasteiger partial charge >= 0.3 is 0 Å². The highest BCUT2D eigenvalue weighted by Gasteiger charge is 2.13. The zero-order chi connectivity index (χ0) is 13.0. The number of halogens is 2. The molecular formula is C11H15Cl2N3O. The van der Waals surface area contributed by atoms with Crippen molar-refractivity contribution in [3.8, 4) is 0 Å². The van der Waals surface area contributed by atoms with E-state index in [-0.39, 0.29) is 12.5 Å². The summed E-state index contributed by atoms with van der Waals surface area (Å²) in [5.74, 6) is -0.0858. The molecule has 1 aromatic rings. The van der Waals surface area contributed by atoms with Crippen LogP contribution in [0.25, 0.3) is 0 Å². The van der Waals surface area contributed by atoms with Gasteiger partial charge in [-0.1, -0.05) is 23.2 Å². The molecule has 1 aromatic carbocycles. The van der Waals surface area contributed by atoms with Crippen LogP contribution in [0.5, 0.6) is 0 Å². The van der Waals surface area contributed by atoms with Crippen molar-refractivity contribution in [2.45, 2.75) is 6.92 Å². The number of benzene rings is 1. The van der Waals surface area contributed by atoms with E-state index < -0.39 is 0 Å². The number of hydrogen-bond acceptors (Lipinski definition) is 3. The second-order valence-electron chi connectivity index (χ2n) is 3.51. The summed E-state index contributed by atoms with van der Waals surface area (Å²) in [5.41, 5.74) is 7.09. The Balaban J connectivity index is 3.03. The molecule has 0 spiro atoms. The molecule has 0 fully saturated rings. The van der Waals surface area contributed by atoms with Gasteiger partial charge in [0.05, 0.1) is 28.0 Å². The molecule has 0 aromatic heterocycles. The molecule has 0 aliphatic heterocycles. The van der Waals surface area contributed by atoms with E-state index in [0.29, 0.717) is 28.0 Å². The lowest BCUT2D eigenvalue weighted by molar-refractivity contribution is -0.119. The number of rotatable bonds is 4. The third kappa shape index (κ3) is 3.41. The van der Waals surface area contributed by atoms with Crippen molar-refractivity contribution in [3.63, 3.8) is 0 Å². The number of nitrogens with two attached hydrogens (primary N) is 1. The molecule has 4 nitrogen and oxygen atoms in total. The number of likely N-dealkylation sites (N-methyl/N-ethyl adjacent to an activating group) is 2. The normalized spacial score (nSPS) is 10.1. The molecule has 0 heterocycles. The number of nitrogen functional groups attached to an aromatic ring is 1. The lowest BCUT2D eigenvalue weighted by Crippen LogP contribution is -2.35. The zero-order valence-corrected chi connectivity index (χ0v) is 11.3. The van der Waals surface area contributed by atoms with Crippen molar-refractivity contribution in [2.75, 3.05) is 30.8 Å². The molecule has 0 aliphatic rings. The highest BCUT2D eigenvalue weighted by molar-refractivity contribution is 6.42. The monoisotopic (exact) mass is 275 g/mol. The third-order valence-corrected chi connectivity index (χ3v) is 3.13. The van der Waals surface area contributed by atoms with Gasteiger partial charge in [0.15, 0.2) is 0 Å². The van der Waals surface area contributed by atoms with Gasteiger partial charge in [0, 0.05) is 13.6 Å². The minimum Gasteiger partial charge on any atom is -0.397 e. The molecule has 0 unspecified atom stereocenters. The molecule has 0 radical (unpaired) electrons. The fourth-order valence-electron chi connectivity index (χ4n) is 1.45. The van der Waals surface area contributed by atoms with Gasteiger partial charge in [0.25, 0.3) is 0 Å². The number of carbonyl (C=O) groups is 1. The van der Waals surface area contributed by atoms with Gasteiger partial charge in [-0.25, -0.2) is 0 Å². The molecule has 17 heavy (non-hydrogen) atoms. The first kappa shape index (κ1) is 13.9. The Morgan fingerprint density at radius 3 is 2.53 bits per heavy atom. The molecule has 0 saturated heterocycles. The third-order valence-electron chi connectivity index (χ3n) is 2.41. The van der Waals surface area contributed by atoms with Gasteiger partial charge in [0.1, 0.15) is 0 Å². The first-order chi connectivity index (χ1) is 7.99. The Morgan fingerprint density at radius 2 is 2.00 bits per heavy atom. The maximum absolute atomic E-state index is 11.4. The van der Waals surface area contributed by atoms with E-state index in [9.17, 15) is 4.79 Å². The summed E-state index contributed by atoms with van der Waals surface area (Å²) in [4.78, 5) is 13.2. The summed E-state index contributed by atoms with van der Waals surface area (Å²) in [5, 5.41) is 3.39. The number of hydrogen-bond donors (Lipinski definition) is 2. The Kier molecular flexibility index (Phi) is 4.90. The minimum atomic E-state index is -0.0858. The van der Waals surface area contributed by atoms with Crippen LogP contribution in [0.2, 0.25) is 10.0 Å². The molecular weight excluding hydrogens is 261 g/mol. The van der Waals surface area contributed by atoms with Crippen LogP contribution in [0.1, 0.15) is 6.92 Å². The summed E-state index contributed by atoms with van der Waals surface area (Å²) >= 11 is 11.8. The first-order valence-electron chi connectivity index (χ1n) is 5.19. The van der Waals surface area contributed by atoms with Crippen LogP contribution in [0.4, 0.5) is 11.4 Å². The van der Waals surface area contributed by atoms with Crippen molar-refractivity contribution in [2.24, 2.45) is 0 Å². The van der Waals surface area contributed by atoms with Crippen LogP contribution in [0.15, 0.2) is 12.1 Å². The standard InChI is InChI=1S/C11H15Cl2N3O/c1-3-16(6-11(17)15-2)10-5-8(13)7(12)4-9(10)14/h4-5H,3,6,14H2,1-2H3,(H,15,17). The van der Waals surface area contributed by atoms with Crippen molar-refractivity contribution in [3.05, 3.63) is 22.2 Å². The zero-order valence-electron chi connectivity index (χ0n) is 9.76.